The van der Waals surface area contributed by atoms with Crippen molar-refractivity contribution in [1.29, 1.82) is 0 Å². The number of amides is 1. The summed E-state index contributed by atoms with van der Waals surface area (Å²) in [5.41, 5.74) is 2.77. The van der Waals surface area contributed by atoms with Gasteiger partial charge in [-0.25, -0.2) is 0 Å². The van der Waals surface area contributed by atoms with Crippen LogP contribution in [0.25, 0.3) is 11.0 Å². The van der Waals surface area contributed by atoms with Gasteiger partial charge >= 0.3 is 0 Å². The summed E-state index contributed by atoms with van der Waals surface area (Å²) in [5, 5.41) is 11.7. The van der Waals surface area contributed by atoms with Gasteiger partial charge in [-0.15, -0.1) is 0 Å². The molecule has 0 radical (unpaired) electrons. The molecule has 0 saturated carbocycles. The van der Waals surface area contributed by atoms with Crippen molar-refractivity contribution in [2.45, 2.75) is 19.9 Å². The zero-order valence-corrected chi connectivity index (χ0v) is 20.7. The van der Waals surface area contributed by atoms with E-state index in [4.69, 9.17) is 9.15 Å². The fraction of sp³-hybridized carbons (Fsp3) is 0.143. The number of fused-ring (bicyclic) bond motifs is 1. The predicted octanol–water partition coefficient (Wildman–Crippen LogP) is 6.69. The van der Waals surface area contributed by atoms with Gasteiger partial charge in [0.25, 0.3) is 5.91 Å². The summed E-state index contributed by atoms with van der Waals surface area (Å²) in [7, 11) is 0. The Kier molecular flexibility index (Phi) is 5.94. The van der Waals surface area contributed by atoms with Gasteiger partial charge < -0.3 is 14.3 Å². The third-order valence-electron chi connectivity index (χ3n) is 5.97. The number of halogens is 1. The molecule has 1 N–H and O–H groups in total. The van der Waals surface area contributed by atoms with Crippen LogP contribution in [0.4, 0.5) is 5.69 Å². The van der Waals surface area contributed by atoms with E-state index in [1.54, 1.807) is 48.5 Å². The molecule has 5 rings (SSSR count). The molecule has 0 saturated heterocycles. The topological polar surface area (TPSA) is 80.0 Å². The maximum absolute atomic E-state index is 13.7. The number of nitrogens with zero attached hydrogens (tertiary/aromatic N) is 1. The molecule has 176 valence electrons. The molecule has 7 heteroatoms. The molecule has 3 aromatic carbocycles. The minimum atomic E-state index is -0.840. The molecule has 4 aromatic rings. The van der Waals surface area contributed by atoms with Gasteiger partial charge in [0.15, 0.2) is 11.5 Å². The summed E-state index contributed by atoms with van der Waals surface area (Å²) in [6.45, 7) is 4.36. The molecule has 1 amide bonds. The van der Waals surface area contributed by atoms with E-state index in [-0.39, 0.29) is 11.3 Å². The van der Waals surface area contributed by atoms with Crippen LogP contribution in [0.3, 0.4) is 0 Å². The van der Waals surface area contributed by atoms with Crippen LogP contribution in [0.15, 0.2) is 93.0 Å². The number of benzene rings is 3. The molecule has 1 unspecified atom stereocenters. The van der Waals surface area contributed by atoms with Crippen LogP contribution in [0.1, 0.15) is 34.6 Å². The first-order valence-corrected chi connectivity index (χ1v) is 12.0. The Labute approximate surface area is 210 Å². The highest BCUT2D eigenvalue weighted by Crippen LogP contribution is 2.42. The third kappa shape index (κ3) is 4.12. The highest BCUT2D eigenvalue weighted by atomic mass is 79.9. The van der Waals surface area contributed by atoms with E-state index in [0.29, 0.717) is 29.2 Å². The number of carbonyl (C=O) groups excluding carboxylic acids is 2. The first-order valence-electron chi connectivity index (χ1n) is 11.2. The van der Waals surface area contributed by atoms with E-state index in [0.717, 1.165) is 15.4 Å². The fourth-order valence-corrected chi connectivity index (χ4v) is 4.67. The first-order chi connectivity index (χ1) is 16.9. The van der Waals surface area contributed by atoms with Crippen molar-refractivity contribution in [2.24, 2.45) is 0 Å². The van der Waals surface area contributed by atoms with Crippen molar-refractivity contribution in [3.8, 4) is 5.75 Å². The summed E-state index contributed by atoms with van der Waals surface area (Å²) >= 11 is 3.42. The van der Waals surface area contributed by atoms with Crippen molar-refractivity contribution in [3.63, 3.8) is 0 Å². The van der Waals surface area contributed by atoms with Crippen molar-refractivity contribution in [2.75, 3.05) is 11.5 Å². The van der Waals surface area contributed by atoms with Crippen LogP contribution in [-0.2, 0) is 4.79 Å². The second-order valence-corrected chi connectivity index (χ2v) is 9.22. The zero-order chi connectivity index (χ0) is 24.7. The summed E-state index contributed by atoms with van der Waals surface area (Å²) in [6, 6.07) is 20.7. The Balaban J connectivity index is 1.63. The van der Waals surface area contributed by atoms with Crippen molar-refractivity contribution >= 4 is 44.3 Å². The minimum Gasteiger partial charge on any atom is -0.503 e. The molecule has 0 spiro atoms. The largest absolute Gasteiger partial charge is 0.503 e. The molecular weight excluding hydrogens is 510 g/mol. The van der Waals surface area contributed by atoms with Gasteiger partial charge in [-0.1, -0.05) is 45.8 Å². The molecule has 35 heavy (non-hydrogen) atoms. The molecule has 6 nitrogen and oxygen atoms in total. The number of Topliss-reactive ketones (excluding diaryl/α,β-unsaturated/α-hetero) is 1. The number of rotatable bonds is 6. The fourth-order valence-electron chi connectivity index (χ4n) is 4.30. The zero-order valence-electron chi connectivity index (χ0n) is 19.1. The van der Waals surface area contributed by atoms with Crippen LogP contribution in [-0.4, -0.2) is 23.4 Å². The van der Waals surface area contributed by atoms with Gasteiger partial charge in [0.2, 0.25) is 5.78 Å². The lowest BCUT2D eigenvalue weighted by Gasteiger charge is -2.27. The molecule has 1 aliphatic rings. The van der Waals surface area contributed by atoms with E-state index < -0.39 is 23.5 Å². The van der Waals surface area contributed by atoms with E-state index >= 15 is 0 Å². The average Bonchev–Trinajstić information content (AvgIpc) is 3.38. The maximum Gasteiger partial charge on any atom is 0.294 e. The number of ketones is 1. The lowest BCUT2D eigenvalue weighted by molar-refractivity contribution is -0.117. The molecule has 1 aliphatic heterocycles. The Bertz CT molecular complexity index is 1470. The van der Waals surface area contributed by atoms with Crippen LogP contribution in [0, 0.1) is 6.92 Å². The lowest BCUT2D eigenvalue weighted by Crippen LogP contribution is -2.31. The van der Waals surface area contributed by atoms with Crippen LogP contribution >= 0.6 is 15.9 Å². The number of hydrogen-bond donors (Lipinski definition) is 1. The van der Waals surface area contributed by atoms with E-state index in [1.807, 2.05) is 38.1 Å². The summed E-state index contributed by atoms with van der Waals surface area (Å²) in [4.78, 5) is 28.5. The Morgan fingerprint density at radius 2 is 1.77 bits per heavy atom. The van der Waals surface area contributed by atoms with Crippen LogP contribution in [0.2, 0.25) is 0 Å². The van der Waals surface area contributed by atoms with E-state index in [9.17, 15) is 14.7 Å². The van der Waals surface area contributed by atoms with Gasteiger partial charge in [-0.05, 0) is 67.9 Å². The molecule has 0 fully saturated rings. The van der Waals surface area contributed by atoms with Gasteiger partial charge in [0.05, 0.1) is 18.2 Å². The smallest absolute Gasteiger partial charge is 0.294 e. The number of aliphatic hydroxyl groups excluding tert-OH is 1. The monoisotopic (exact) mass is 531 g/mol. The van der Waals surface area contributed by atoms with E-state index in [1.165, 1.54) is 4.90 Å². The van der Waals surface area contributed by atoms with E-state index in [2.05, 4.69) is 15.9 Å². The number of aryl methyl sites for hydroxylation is 1. The molecule has 2 heterocycles. The van der Waals surface area contributed by atoms with Crippen LogP contribution in [0.5, 0.6) is 5.75 Å². The molecule has 0 aliphatic carbocycles. The Morgan fingerprint density at radius 3 is 2.46 bits per heavy atom. The first kappa shape index (κ1) is 22.9. The quantitative estimate of drug-likeness (QED) is 0.280. The normalized spacial score (nSPS) is 15.8. The Morgan fingerprint density at radius 1 is 1.06 bits per heavy atom. The molecule has 0 bridgehead atoms. The van der Waals surface area contributed by atoms with Gasteiger partial charge in [0.1, 0.15) is 11.3 Å². The van der Waals surface area contributed by atoms with Gasteiger partial charge in [0, 0.05) is 15.5 Å². The van der Waals surface area contributed by atoms with Gasteiger partial charge in [-0.3, -0.25) is 14.5 Å². The summed E-state index contributed by atoms with van der Waals surface area (Å²) in [5.74, 6) is -1.05. The predicted molar refractivity (Wildman–Crippen MR) is 137 cm³/mol. The minimum absolute atomic E-state index is 0.0298. The number of hydrogen-bond acceptors (Lipinski definition) is 5. The molecular formula is C28H22BrNO5. The number of ether oxygens (including phenoxy) is 1. The van der Waals surface area contributed by atoms with Crippen molar-refractivity contribution in [3.05, 3.63) is 105 Å². The molecule has 1 aromatic heterocycles. The van der Waals surface area contributed by atoms with Crippen molar-refractivity contribution in [1.82, 2.24) is 0 Å². The summed E-state index contributed by atoms with van der Waals surface area (Å²) in [6.07, 6.45) is 0. The summed E-state index contributed by atoms with van der Waals surface area (Å²) < 4.78 is 12.2. The van der Waals surface area contributed by atoms with Crippen LogP contribution < -0.4 is 9.64 Å². The standard InChI is InChI=1S/C28H22BrNO5/c1-3-34-21-11-6-17(7-12-21)25-24(26(31)23-15-18-14-19(29)8-13-22(18)35-23)27(32)28(33)30(25)20-9-4-16(2)5-10-20/h4-15,25,32H,3H2,1-2H3. The highest BCUT2D eigenvalue weighted by molar-refractivity contribution is 9.10. The number of aliphatic hydroxyl groups is 1. The Hall–Kier alpha value is -3.84. The maximum atomic E-state index is 13.7. The number of furan rings is 1. The number of anilines is 1. The van der Waals surface area contributed by atoms with Crippen molar-refractivity contribution < 1.29 is 23.8 Å². The lowest BCUT2D eigenvalue weighted by atomic mass is 9.94. The number of carbonyl (C=O) groups is 2. The second kappa shape index (κ2) is 9.07. The molecule has 1 atom stereocenters. The van der Waals surface area contributed by atoms with Gasteiger partial charge in [-0.2, -0.15) is 0 Å². The third-order valence-corrected chi connectivity index (χ3v) is 6.47. The average molecular weight is 532 g/mol. The SMILES string of the molecule is CCOc1ccc(C2C(C(=O)c3cc4cc(Br)ccc4o3)=C(O)C(=O)N2c2ccc(C)cc2)cc1. The second-order valence-electron chi connectivity index (χ2n) is 8.30. The highest BCUT2D eigenvalue weighted by Gasteiger charge is 2.45.